The van der Waals surface area contributed by atoms with Crippen LogP contribution >= 0.6 is 0 Å². The fourth-order valence-electron chi connectivity index (χ4n) is 3.40. The standard InChI is InChI=1S/C21H26N2O/c1-23-14-12-17(13-15-23)16-20(24)22-21(18-8-4-2-5-9-18)19-10-6-3-7-11-19/h2-11,17,21H,12-16H2,1H3,(H,22,24). The highest BCUT2D eigenvalue weighted by atomic mass is 16.1. The summed E-state index contributed by atoms with van der Waals surface area (Å²) in [6, 6.07) is 20.3. The third-order valence-corrected chi connectivity index (χ3v) is 4.88. The van der Waals surface area contributed by atoms with E-state index in [-0.39, 0.29) is 11.9 Å². The van der Waals surface area contributed by atoms with Crippen LogP contribution in [-0.2, 0) is 4.79 Å². The minimum absolute atomic E-state index is 0.0776. The predicted octanol–water partition coefficient (Wildman–Crippen LogP) is 3.62. The number of hydrogen-bond acceptors (Lipinski definition) is 2. The zero-order chi connectivity index (χ0) is 16.8. The lowest BCUT2D eigenvalue weighted by atomic mass is 9.92. The number of benzene rings is 2. The van der Waals surface area contributed by atoms with Crippen LogP contribution in [0.2, 0.25) is 0 Å². The number of nitrogens with zero attached hydrogens (tertiary/aromatic N) is 1. The Labute approximate surface area is 144 Å². The van der Waals surface area contributed by atoms with Crippen LogP contribution < -0.4 is 5.32 Å². The third-order valence-electron chi connectivity index (χ3n) is 4.88. The highest BCUT2D eigenvalue weighted by Gasteiger charge is 2.22. The van der Waals surface area contributed by atoms with Crippen molar-refractivity contribution >= 4 is 5.91 Å². The maximum Gasteiger partial charge on any atom is 0.221 e. The van der Waals surface area contributed by atoms with E-state index in [0.29, 0.717) is 12.3 Å². The molecule has 1 fully saturated rings. The van der Waals surface area contributed by atoms with Gasteiger partial charge in [-0.05, 0) is 50.0 Å². The molecule has 1 aliphatic heterocycles. The van der Waals surface area contributed by atoms with Gasteiger partial charge in [0.1, 0.15) is 0 Å². The third kappa shape index (κ3) is 4.45. The van der Waals surface area contributed by atoms with Crippen molar-refractivity contribution in [3.63, 3.8) is 0 Å². The zero-order valence-electron chi connectivity index (χ0n) is 14.3. The molecule has 3 heteroatoms. The van der Waals surface area contributed by atoms with E-state index in [9.17, 15) is 4.79 Å². The van der Waals surface area contributed by atoms with Gasteiger partial charge < -0.3 is 10.2 Å². The molecule has 0 unspecified atom stereocenters. The smallest absolute Gasteiger partial charge is 0.221 e. The van der Waals surface area contributed by atoms with Crippen molar-refractivity contribution in [2.45, 2.75) is 25.3 Å². The Hall–Kier alpha value is -2.13. The van der Waals surface area contributed by atoms with E-state index in [0.717, 1.165) is 37.1 Å². The molecule has 2 aromatic rings. The van der Waals surface area contributed by atoms with E-state index in [1.54, 1.807) is 0 Å². The highest BCUT2D eigenvalue weighted by Crippen LogP contribution is 2.24. The van der Waals surface area contributed by atoms with E-state index in [4.69, 9.17) is 0 Å². The summed E-state index contributed by atoms with van der Waals surface area (Å²) in [7, 11) is 2.15. The number of piperidine rings is 1. The van der Waals surface area contributed by atoms with Crippen LogP contribution in [0.4, 0.5) is 0 Å². The molecule has 3 rings (SSSR count). The average Bonchev–Trinajstić information content (AvgIpc) is 2.63. The van der Waals surface area contributed by atoms with Crippen LogP contribution in [0.25, 0.3) is 0 Å². The Balaban J connectivity index is 1.69. The fourth-order valence-corrected chi connectivity index (χ4v) is 3.40. The van der Waals surface area contributed by atoms with Crippen LogP contribution in [0, 0.1) is 5.92 Å². The normalized spacial score (nSPS) is 16.2. The minimum Gasteiger partial charge on any atom is -0.345 e. The molecule has 0 radical (unpaired) electrons. The maximum absolute atomic E-state index is 12.6. The lowest BCUT2D eigenvalue weighted by molar-refractivity contribution is -0.122. The van der Waals surface area contributed by atoms with Crippen LogP contribution in [0.1, 0.15) is 36.4 Å². The Morgan fingerprint density at radius 1 is 1.00 bits per heavy atom. The van der Waals surface area contributed by atoms with Crippen LogP contribution in [0.3, 0.4) is 0 Å². The molecular weight excluding hydrogens is 296 g/mol. The molecule has 0 spiro atoms. The van der Waals surface area contributed by atoms with Crippen molar-refractivity contribution in [1.29, 1.82) is 0 Å². The van der Waals surface area contributed by atoms with Gasteiger partial charge in [-0.2, -0.15) is 0 Å². The molecular formula is C21H26N2O. The van der Waals surface area contributed by atoms with Gasteiger partial charge in [0, 0.05) is 6.42 Å². The number of likely N-dealkylation sites (tertiary alicyclic amines) is 1. The van der Waals surface area contributed by atoms with Gasteiger partial charge >= 0.3 is 0 Å². The van der Waals surface area contributed by atoms with Crippen molar-refractivity contribution in [1.82, 2.24) is 10.2 Å². The van der Waals surface area contributed by atoms with Crippen LogP contribution in [0.15, 0.2) is 60.7 Å². The van der Waals surface area contributed by atoms with Gasteiger partial charge in [-0.3, -0.25) is 4.79 Å². The van der Waals surface area contributed by atoms with Crippen molar-refractivity contribution in [2.24, 2.45) is 5.92 Å². The molecule has 0 aromatic heterocycles. The summed E-state index contributed by atoms with van der Waals surface area (Å²) in [4.78, 5) is 15.0. The van der Waals surface area contributed by atoms with E-state index >= 15 is 0 Å². The Morgan fingerprint density at radius 3 is 2.00 bits per heavy atom. The van der Waals surface area contributed by atoms with Gasteiger partial charge in [0.15, 0.2) is 0 Å². The average molecular weight is 322 g/mol. The molecule has 0 saturated carbocycles. The first-order valence-corrected chi connectivity index (χ1v) is 8.80. The molecule has 1 aliphatic rings. The van der Waals surface area contributed by atoms with Gasteiger partial charge in [0.2, 0.25) is 5.91 Å². The molecule has 1 saturated heterocycles. The molecule has 3 nitrogen and oxygen atoms in total. The second-order valence-corrected chi connectivity index (χ2v) is 6.77. The number of carbonyl (C=O) groups excluding carboxylic acids is 1. The van der Waals surface area contributed by atoms with E-state index < -0.39 is 0 Å². The van der Waals surface area contributed by atoms with Crippen LogP contribution in [-0.4, -0.2) is 30.9 Å². The summed E-state index contributed by atoms with van der Waals surface area (Å²) >= 11 is 0. The molecule has 0 bridgehead atoms. The zero-order valence-corrected chi connectivity index (χ0v) is 14.3. The molecule has 0 atom stereocenters. The van der Waals surface area contributed by atoms with Crippen molar-refractivity contribution in [2.75, 3.05) is 20.1 Å². The first-order valence-electron chi connectivity index (χ1n) is 8.80. The summed E-state index contributed by atoms with van der Waals surface area (Å²) in [6.45, 7) is 2.19. The maximum atomic E-state index is 12.6. The molecule has 0 aliphatic carbocycles. The van der Waals surface area contributed by atoms with E-state index in [1.807, 2.05) is 36.4 Å². The number of nitrogens with one attached hydrogen (secondary N) is 1. The molecule has 24 heavy (non-hydrogen) atoms. The quantitative estimate of drug-likeness (QED) is 0.912. The summed E-state index contributed by atoms with van der Waals surface area (Å²) < 4.78 is 0. The summed E-state index contributed by atoms with van der Waals surface area (Å²) in [6.07, 6.45) is 2.86. The van der Waals surface area contributed by atoms with Gasteiger partial charge in [-0.25, -0.2) is 0 Å². The number of hydrogen-bond donors (Lipinski definition) is 1. The summed E-state index contributed by atoms with van der Waals surface area (Å²) in [5.74, 6) is 0.663. The number of rotatable bonds is 5. The number of carbonyl (C=O) groups is 1. The lowest BCUT2D eigenvalue weighted by Crippen LogP contribution is -2.35. The molecule has 1 N–H and O–H groups in total. The first-order chi connectivity index (χ1) is 11.7. The Bertz CT molecular complexity index is 594. The van der Waals surface area contributed by atoms with Crippen molar-refractivity contribution in [3.8, 4) is 0 Å². The van der Waals surface area contributed by atoms with Gasteiger partial charge in [-0.15, -0.1) is 0 Å². The van der Waals surface area contributed by atoms with Crippen molar-refractivity contribution in [3.05, 3.63) is 71.8 Å². The van der Waals surface area contributed by atoms with Crippen molar-refractivity contribution < 1.29 is 4.79 Å². The first kappa shape index (κ1) is 16.7. The van der Waals surface area contributed by atoms with E-state index in [1.165, 1.54) is 0 Å². The monoisotopic (exact) mass is 322 g/mol. The van der Waals surface area contributed by atoms with E-state index in [2.05, 4.69) is 41.5 Å². The SMILES string of the molecule is CN1CCC(CC(=O)NC(c2ccccc2)c2ccccc2)CC1. The molecule has 1 heterocycles. The second-order valence-electron chi connectivity index (χ2n) is 6.77. The summed E-state index contributed by atoms with van der Waals surface area (Å²) in [5.41, 5.74) is 2.25. The molecule has 126 valence electrons. The number of amides is 1. The van der Waals surface area contributed by atoms with Gasteiger partial charge in [0.25, 0.3) is 0 Å². The largest absolute Gasteiger partial charge is 0.345 e. The molecule has 1 amide bonds. The van der Waals surface area contributed by atoms with Crippen LogP contribution in [0.5, 0.6) is 0 Å². The van der Waals surface area contributed by atoms with Gasteiger partial charge in [-0.1, -0.05) is 60.7 Å². The topological polar surface area (TPSA) is 32.3 Å². The summed E-state index contributed by atoms with van der Waals surface area (Å²) in [5, 5.41) is 3.26. The second kappa shape index (κ2) is 8.11. The van der Waals surface area contributed by atoms with Gasteiger partial charge in [0.05, 0.1) is 6.04 Å². The fraction of sp³-hybridized carbons (Fsp3) is 0.381. The minimum atomic E-state index is -0.0776. The highest BCUT2D eigenvalue weighted by molar-refractivity contribution is 5.77. The molecule has 2 aromatic carbocycles. The predicted molar refractivity (Wildman–Crippen MR) is 97.7 cm³/mol. The Kier molecular flexibility index (Phi) is 5.65. The lowest BCUT2D eigenvalue weighted by Gasteiger charge is -2.29. The Morgan fingerprint density at radius 2 is 1.50 bits per heavy atom.